The van der Waals surface area contributed by atoms with Gasteiger partial charge in [0.05, 0.1) is 12.7 Å². The molecule has 4 nitrogen and oxygen atoms in total. The van der Waals surface area contributed by atoms with Gasteiger partial charge in [-0.25, -0.2) is 0 Å². The number of carbonyl (C=O) groups excluding carboxylic acids is 1. The highest BCUT2D eigenvalue weighted by molar-refractivity contribution is 5.76. The van der Waals surface area contributed by atoms with Crippen LogP contribution in [0.4, 0.5) is 0 Å². The Morgan fingerprint density at radius 3 is 2.67 bits per heavy atom. The lowest BCUT2D eigenvalue weighted by Gasteiger charge is -2.55. The molecule has 1 aliphatic heterocycles. The fraction of sp³-hybridized carbons (Fsp3) is 0.950. The van der Waals surface area contributed by atoms with Crippen LogP contribution in [-0.4, -0.2) is 38.4 Å². The molecule has 4 heteroatoms. The molecule has 0 aromatic carbocycles. The maximum Gasteiger partial charge on any atom is 0.222 e. The number of amides is 1. The van der Waals surface area contributed by atoms with E-state index in [1.54, 1.807) is 7.11 Å². The summed E-state index contributed by atoms with van der Waals surface area (Å²) in [6.45, 7) is 12.9. The fourth-order valence-electron chi connectivity index (χ4n) is 6.07. The second kappa shape index (κ2) is 5.98. The van der Waals surface area contributed by atoms with Gasteiger partial charge >= 0.3 is 0 Å². The Bertz CT molecular complexity index is 496. The first-order valence-electron chi connectivity index (χ1n) is 9.53. The summed E-state index contributed by atoms with van der Waals surface area (Å²) in [5.41, 5.74) is 0.531. The SMILES string of the molecule is COCCC(=O)N[C@H]1C(C)(C)[C@@H]2C[C@@H]3[C@@H](C(C)(C)C)OCCC31C2. The quantitative estimate of drug-likeness (QED) is 0.855. The van der Waals surface area contributed by atoms with Gasteiger partial charge in [-0.05, 0) is 47.3 Å². The molecule has 2 saturated carbocycles. The molecule has 2 aliphatic carbocycles. The number of rotatable bonds is 4. The zero-order chi connectivity index (χ0) is 17.8. The van der Waals surface area contributed by atoms with E-state index in [1.165, 1.54) is 12.8 Å². The lowest BCUT2D eigenvalue weighted by atomic mass is 9.57. The predicted octanol–water partition coefficient (Wildman–Crippen LogP) is 3.40. The Morgan fingerprint density at radius 2 is 2.04 bits per heavy atom. The van der Waals surface area contributed by atoms with Gasteiger partial charge in [0.25, 0.3) is 0 Å². The van der Waals surface area contributed by atoms with Crippen molar-refractivity contribution < 1.29 is 14.3 Å². The van der Waals surface area contributed by atoms with Crippen LogP contribution in [0.5, 0.6) is 0 Å². The van der Waals surface area contributed by atoms with Gasteiger partial charge in [-0.1, -0.05) is 34.6 Å². The predicted molar refractivity (Wildman–Crippen MR) is 94.7 cm³/mol. The third-order valence-electron chi connectivity index (χ3n) is 7.20. The molecule has 1 saturated heterocycles. The van der Waals surface area contributed by atoms with Gasteiger partial charge in [0.2, 0.25) is 5.91 Å². The molecule has 1 amide bonds. The first-order valence-corrected chi connectivity index (χ1v) is 9.53. The van der Waals surface area contributed by atoms with Crippen LogP contribution in [-0.2, 0) is 14.3 Å². The van der Waals surface area contributed by atoms with Crippen LogP contribution in [0.1, 0.15) is 60.3 Å². The van der Waals surface area contributed by atoms with Crippen LogP contribution in [0, 0.1) is 28.1 Å². The highest BCUT2D eigenvalue weighted by Crippen LogP contribution is 2.69. The Morgan fingerprint density at radius 1 is 1.33 bits per heavy atom. The monoisotopic (exact) mass is 337 g/mol. The number of ether oxygens (including phenoxy) is 2. The second-order valence-electron chi connectivity index (χ2n) is 9.95. The molecule has 2 bridgehead atoms. The molecule has 0 aromatic heterocycles. The zero-order valence-corrected chi connectivity index (χ0v) is 16.3. The van der Waals surface area contributed by atoms with E-state index < -0.39 is 0 Å². The van der Waals surface area contributed by atoms with Gasteiger partial charge in [-0.2, -0.15) is 0 Å². The number of hydrogen-bond acceptors (Lipinski definition) is 3. The van der Waals surface area contributed by atoms with Crippen LogP contribution in [0.15, 0.2) is 0 Å². The van der Waals surface area contributed by atoms with Gasteiger partial charge in [-0.15, -0.1) is 0 Å². The summed E-state index contributed by atoms with van der Waals surface area (Å²) in [7, 11) is 1.65. The first kappa shape index (κ1) is 18.2. The number of methoxy groups -OCH3 is 1. The molecule has 1 unspecified atom stereocenters. The van der Waals surface area contributed by atoms with Crippen molar-refractivity contribution in [3.8, 4) is 0 Å². The van der Waals surface area contributed by atoms with Gasteiger partial charge in [0.15, 0.2) is 0 Å². The summed E-state index contributed by atoms with van der Waals surface area (Å²) >= 11 is 0. The van der Waals surface area contributed by atoms with E-state index in [9.17, 15) is 4.79 Å². The van der Waals surface area contributed by atoms with Crippen LogP contribution in [0.2, 0.25) is 0 Å². The fourth-order valence-corrected chi connectivity index (χ4v) is 6.07. The molecule has 3 aliphatic rings. The molecule has 0 radical (unpaired) electrons. The summed E-state index contributed by atoms with van der Waals surface area (Å²) in [6, 6.07) is 0.256. The van der Waals surface area contributed by atoms with E-state index in [1.807, 2.05) is 0 Å². The Labute approximate surface area is 147 Å². The molecule has 1 spiro atoms. The number of fused-ring (bicyclic) bond motifs is 1. The van der Waals surface area contributed by atoms with Crippen molar-refractivity contribution in [2.75, 3.05) is 20.3 Å². The molecule has 1 N–H and O–H groups in total. The topological polar surface area (TPSA) is 47.6 Å². The second-order valence-corrected chi connectivity index (χ2v) is 9.95. The van der Waals surface area contributed by atoms with Crippen molar-refractivity contribution in [2.45, 2.75) is 72.4 Å². The van der Waals surface area contributed by atoms with Crippen molar-refractivity contribution in [3.63, 3.8) is 0 Å². The molecule has 5 atom stereocenters. The minimum Gasteiger partial charge on any atom is -0.384 e. The van der Waals surface area contributed by atoms with E-state index in [0.717, 1.165) is 13.0 Å². The van der Waals surface area contributed by atoms with Crippen LogP contribution >= 0.6 is 0 Å². The first-order chi connectivity index (χ1) is 11.1. The third-order valence-corrected chi connectivity index (χ3v) is 7.20. The lowest BCUT2D eigenvalue weighted by Crippen LogP contribution is -2.61. The molecule has 24 heavy (non-hydrogen) atoms. The standard InChI is InChI=1S/C20H35NO3/c1-18(2,3)16-14-11-13-12-20(14,8-10-24-16)17(19(13,4)5)21-15(22)7-9-23-6/h13-14,16-17H,7-12H2,1-6H3,(H,21,22)/t13-,14-,16+,17+,20?/m1/s1. The van der Waals surface area contributed by atoms with Crippen molar-refractivity contribution >= 4 is 5.91 Å². The minimum absolute atomic E-state index is 0.134. The van der Waals surface area contributed by atoms with E-state index in [2.05, 4.69) is 39.9 Å². The maximum absolute atomic E-state index is 12.4. The van der Waals surface area contributed by atoms with Gasteiger partial charge < -0.3 is 14.8 Å². The molecule has 138 valence electrons. The number of hydrogen-bond donors (Lipinski definition) is 1. The smallest absolute Gasteiger partial charge is 0.222 e. The molecular formula is C20H35NO3. The van der Waals surface area contributed by atoms with Crippen LogP contribution in [0.3, 0.4) is 0 Å². The molecule has 0 aromatic rings. The largest absolute Gasteiger partial charge is 0.384 e. The summed E-state index contributed by atoms with van der Waals surface area (Å²) in [6.07, 6.45) is 4.33. The van der Waals surface area contributed by atoms with E-state index in [0.29, 0.717) is 31.0 Å². The van der Waals surface area contributed by atoms with Gasteiger partial charge in [0.1, 0.15) is 0 Å². The van der Waals surface area contributed by atoms with Crippen molar-refractivity contribution in [1.82, 2.24) is 5.32 Å². The van der Waals surface area contributed by atoms with Crippen LogP contribution < -0.4 is 5.32 Å². The van der Waals surface area contributed by atoms with Crippen molar-refractivity contribution in [3.05, 3.63) is 0 Å². The molecular weight excluding hydrogens is 302 g/mol. The zero-order valence-electron chi connectivity index (χ0n) is 16.3. The van der Waals surface area contributed by atoms with Crippen molar-refractivity contribution in [1.29, 1.82) is 0 Å². The Hall–Kier alpha value is -0.610. The van der Waals surface area contributed by atoms with E-state index >= 15 is 0 Å². The normalized spacial score (nSPS) is 40.4. The van der Waals surface area contributed by atoms with E-state index in [4.69, 9.17) is 9.47 Å². The minimum atomic E-state index is 0.134. The summed E-state index contributed by atoms with van der Waals surface area (Å²) in [5.74, 6) is 1.38. The van der Waals surface area contributed by atoms with Crippen LogP contribution in [0.25, 0.3) is 0 Å². The Balaban J connectivity index is 1.86. The van der Waals surface area contributed by atoms with E-state index in [-0.39, 0.29) is 28.2 Å². The molecule has 1 heterocycles. The molecule has 3 fully saturated rings. The molecule has 3 rings (SSSR count). The van der Waals surface area contributed by atoms with Crippen molar-refractivity contribution in [2.24, 2.45) is 28.1 Å². The third kappa shape index (κ3) is 2.70. The van der Waals surface area contributed by atoms with Gasteiger partial charge in [0, 0.05) is 26.2 Å². The summed E-state index contributed by atoms with van der Waals surface area (Å²) < 4.78 is 11.3. The summed E-state index contributed by atoms with van der Waals surface area (Å²) in [5, 5.41) is 3.42. The average molecular weight is 338 g/mol. The van der Waals surface area contributed by atoms with Gasteiger partial charge in [-0.3, -0.25) is 4.79 Å². The number of nitrogens with one attached hydrogen (secondary N) is 1. The highest BCUT2D eigenvalue weighted by atomic mass is 16.5. The Kier molecular flexibility index (Phi) is 4.53. The highest BCUT2D eigenvalue weighted by Gasteiger charge is 2.69. The number of carbonyl (C=O) groups is 1. The maximum atomic E-state index is 12.4. The summed E-state index contributed by atoms with van der Waals surface area (Å²) in [4.78, 5) is 12.4. The lowest BCUT2D eigenvalue weighted by molar-refractivity contribution is -0.160. The average Bonchev–Trinajstić information content (AvgIpc) is 2.97.